The first-order valence-electron chi connectivity index (χ1n) is 7.46. The third-order valence-corrected chi connectivity index (χ3v) is 4.65. The van der Waals surface area contributed by atoms with Crippen LogP contribution in [-0.2, 0) is 6.42 Å². The number of aryl methyl sites for hydroxylation is 1. The minimum atomic E-state index is -0.114. The van der Waals surface area contributed by atoms with E-state index in [4.69, 9.17) is 0 Å². The summed E-state index contributed by atoms with van der Waals surface area (Å²) in [6.07, 6.45) is 0.780. The molecule has 0 amide bonds. The van der Waals surface area contributed by atoms with Crippen molar-refractivity contribution in [2.24, 2.45) is 0 Å². The van der Waals surface area contributed by atoms with Crippen molar-refractivity contribution in [3.05, 3.63) is 87.1 Å². The van der Waals surface area contributed by atoms with Gasteiger partial charge in [0.25, 0.3) is 5.91 Å². The molecular formula is C19H17BrN2O. The van der Waals surface area contributed by atoms with Crippen molar-refractivity contribution < 1.29 is 4.79 Å². The third kappa shape index (κ3) is 3.13. The maximum Gasteiger partial charge on any atom is 0.279 e. The van der Waals surface area contributed by atoms with Crippen LogP contribution in [-0.4, -0.2) is 15.7 Å². The van der Waals surface area contributed by atoms with Gasteiger partial charge in [-0.15, -0.1) is 0 Å². The van der Waals surface area contributed by atoms with Gasteiger partial charge < -0.3 is 0 Å². The molecule has 0 aliphatic carbocycles. The van der Waals surface area contributed by atoms with Crippen LogP contribution in [0.25, 0.3) is 0 Å². The number of halogens is 1. The zero-order valence-electron chi connectivity index (χ0n) is 13.1. The van der Waals surface area contributed by atoms with Crippen molar-refractivity contribution in [1.82, 2.24) is 9.78 Å². The standard InChI is InChI=1S/C19H17BrN2O/c1-13-17(12-15-8-4-3-5-9-15)14(2)22(21-13)19(23)16-10-6-7-11-18(16)20/h3-11H,12H2,1-2H3. The van der Waals surface area contributed by atoms with Gasteiger partial charge in [0, 0.05) is 22.2 Å². The van der Waals surface area contributed by atoms with Crippen LogP contribution in [0.2, 0.25) is 0 Å². The predicted octanol–water partition coefficient (Wildman–Crippen LogP) is 4.54. The third-order valence-electron chi connectivity index (χ3n) is 3.96. The minimum absolute atomic E-state index is 0.114. The first-order valence-corrected chi connectivity index (χ1v) is 8.25. The monoisotopic (exact) mass is 368 g/mol. The highest BCUT2D eigenvalue weighted by Crippen LogP contribution is 2.21. The van der Waals surface area contributed by atoms with Gasteiger partial charge in [-0.25, -0.2) is 4.68 Å². The second-order valence-corrected chi connectivity index (χ2v) is 6.36. The Bertz CT molecular complexity index is 853. The van der Waals surface area contributed by atoms with E-state index in [1.54, 1.807) is 6.07 Å². The van der Waals surface area contributed by atoms with Crippen LogP contribution < -0.4 is 0 Å². The topological polar surface area (TPSA) is 34.9 Å². The second kappa shape index (κ2) is 6.50. The van der Waals surface area contributed by atoms with Crippen LogP contribution in [0.1, 0.15) is 32.9 Å². The molecule has 0 radical (unpaired) electrons. The fraction of sp³-hybridized carbons (Fsp3) is 0.158. The van der Waals surface area contributed by atoms with E-state index < -0.39 is 0 Å². The molecule has 0 bridgehead atoms. The number of aromatic nitrogens is 2. The molecule has 0 atom stereocenters. The molecule has 0 unspecified atom stereocenters. The molecule has 0 aliphatic heterocycles. The Morgan fingerprint density at radius 3 is 2.39 bits per heavy atom. The highest BCUT2D eigenvalue weighted by molar-refractivity contribution is 9.10. The molecule has 0 aliphatic rings. The van der Waals surface area contributed by atoms with Crippen molar-refractivity contribution in [2.75, 3.05) is 0 Å². The van der Waals surface area contributed by atoms with E-state index in [0.29, 0.717) is 5.56 Å². The zero-order valence-corrected chi connectivity index (χ0v) is 14.7. The maximum absolute atomic E-state index is 12.8. The van der Waals surface area contributed by atoms with E-state index in [1.165, 1.54) is 10.2 Å². The number of carbonyl (C=O) groups excluding carboxylic acids is 1. The molecule has 3 aromatic rings. The van der Waals surface area contributed by atoms with Gasteiger partial charge in [-0.3, -0.25) is 4.79 Å². The average Bonchev–Trinajstić information content (AvgIpc) is 2.84. The highest BCUT2D eigenvalue weighted by atomic mass is 79.9. The summed E-state index contributed by atoms with van der Waals surface area (Å²) in [5.74, 6) is -0.114. The van der Waals surface area contributed by atoms with E-state index in [9.17, 15) is 4.79 Å². The Balaban J connectivity index is 1.98. The number of nitrogens with zero attached hydrogens (tertiary/aromatic N) is 2. The van der Waals surface area contributed by atoms with Crippen molar-refractivity contribution >= 4 is 21.8 Å². The maximum atomic E-state index is 12.8. The van der Waals surface area contributed by atoms with Gasteiger partial charge in [0.15, 0.2) is 0 Å². The molecule has 3 nitrogen and oxygen atoms in total. The van der Waals surface area contributed by atoms with E-state index in [1.807, 2.05) is 50.2 Å². The fourth-order valence-corrected chi connectivity index (χ4v) is 3.13. The number of benzene rings is 2. The van der Waals surface area contributed by atoms with Gasteiger partial charge >= 0.3 is 0 Å². The molecule has 0 fully saturated rings. The number of rotatable bonds is 3. The number of carbonyl (C=O) groups is 1. The summed E-state index contributed by atoms with van der Waals surface area (Å²) >= 11 is 3.44. The van der Waals surface area contributed by atoms with Crippen molar-refractivity contribution in [1.29, 1.82) is 0 Å². The lowest BCUT2D eigenvalue weighted by Gasteiger charge is -2.06. The average molecular weight is 369 g/mol. The summed E-state index contributed by atoms with van der Waals surface area (Å²) in [5, 5.41) is 4.47. The predicted molar refractivity (Wildman–Crippen MR) is 94.8 cm³/mol. The van der Waals surface area contributed by atoms with Gasteiger partial charge in [0.2, 0.25) is 0 Å². The number of hydrogen-bond acceptors (Lipinski definition) is 2. The molecule has 0 N–H and O–H groups in total. The molecule has 3 rings (SSSR count). The molecule has 4 heteroatoms. The smallest absolute Gasteiger partial charge is 0.267 e. The zero-order chi connectivity index (χ0) is 16.4. The molecule has 2 aromatic carbocycles. The van der Waals surface area contributed by atoms with Crippen molar-refractivity contribution in [3.63, 3.8) is 0 Å². The Kier molecular flexibility index (Phi) is 4.44. The van der Waals surface area contributed by atoms with Gasteiger partial charge in [0.05, 0.1) is 11.3 Å². The van der Waals surface area contributed by atoms with Gasteiger partial charge in [0.1, 0.15) is 0 Å². The summed E-state index contributed by atoms with van der Waals surface area (Å²) < 4.78 is 2.29. The van der Waals surface area contributed by atoms with Gasteiger partial charge in [-0.1, -0.05) is 42.5 Å². The summed E-state index contributed by atoms with van der Waals surface area (Å²) in [6, 6.07) is 17.6. The SMILES string of the molecule is Cc1nn(C(=O)c2ccccc2Br)c(C)c1Cc1ccccc1. The Morgan fingerprint density at radius 1 is 1.04 bits per heavy atom. The lowest BCUT2D eigenvalue weighted by Crippen LogP contribution is -2.16. The molecule has 0 spiro atoms. The molecule has 1 heterocycles. The van der Waals surface area contributed by atoms with Crippen LogP contribution in [0, 0.1) is 13.8 Å². The lowest BCUT2D eigenvalue weighted by atomic mass is 10.0. The Labute approximate surface area is 144 Å². The van der Waals surface area contributed by atoms with Crippen LogP contribution in [0.3, 0.4) is 0 Å². The molecular weight excluding hydrogens is 352 g/mol. The Morgan fingerprint density at radius 2 is 1.70 bits per heavy atom. The van der Waals surface area contributed by atoms with E-state index in [2.05, 4.69) is 33.2 Å². The summed E-state index contributed by atoms with van der Waals surface area (Å²) in [4.78, 5) is 12.8. The molecule has 0 saturated heterocycles. The lowest BCUT2D eigenvalue weighted by molar-refractivity contribution is 0.0941. The summed E-state index contributed by atoms with van der Waals surface area (Å²) in [6.45, 7) is 3.90. The van der Waals surface area contributed by atoms with Crippen LogP contribution >= 0.6 is 15.9 Å². The Hall–Kier alpha value is -2.20. The molecule has 1 aromatic heterocycles. The second-order valence-electron chi connectivity index (χ2n) is 5.51. The van der Waals surface area contributed by atoms with Gasteiger partial charge in [-0.2, -0.15) is 5.10 Å². The van der Waals surface area contributed by atoms with E-state index >= 15 is 0 Å². The van der Waals surface area contributed by atoms with E-state index in [-0.39, 0.29) is 5.91 Å². The van der Waals surface area contributed by atoms with Gasteiger partial charge in [-0.05, 0) is 47.5 Å². The van der Waals surface area contributed by atoms with Crippen LogP contribution in [0.15, 0.2) is 59.1 Å². The largest absolute Gasteiger partial charge is 0.279 e. The minimum Gasteiger partial charge on any atom is -0.267 e. The molecule has 23 heavy (non-hydrogen) atoms. The number of hydrogen-bond donors (Lipinski definition) is 0. The van der Waals surface area contributed by atoms with Crippen molar-refractivity contribution in [2.45, 2.75) is 20.3 Å². The van der Waals surface area contributed by atoms with Crippen LogP contribution in [0.4, 0.5) is 0 Å². The normalized spacial score (nSPS) is 10.7. The summed E-state index contributed by atoms with van der Waals surface area (Å²) in [5.41, 5.74) is 4.73. The first kappa shape index (κ1) is 15.7. The summed E-state index contributed by atoms with van der Waals surface area (Å²) in [7, 11) is 0. The fourth-order valence-electron chi connectivity index (χ4n) is 2.68. The highest BCUT2D eigenvalue weighted by Gasteiger charge is 2.19. The van der Waals surface area contributed by atoms with E-state index in [0.717, 1.165) is 27.8 Å². The molecule has 116 valence electrons. The van der Waals surface area contributed by atoms with Crippen LogP contribution in [0.5, 0.6) is 0 Å². The first-order chi connectivity index (χ1) is 11.1. The van der Waals surface area contributed by atoms with Crippen molar-refractivity contribution in [3.8, 4) is 0 Å². The quantitative estimate of drug-likeness (QED) is 0.679. The molecule has 0 saturated carbocycles.